The zero-order chi connectivity index (χ0) is 21.2. The van der Waals surface area contributed by atoms with Gasteiger partial charge >= 0.3 is 6.09 Å². The van der Waals surface area contributed by atoms with Crippen molar-refractivity contribution >= 4 is 17.7 Å². The SMILES string of the molecule is C[C@@H]1/C=C/C[C@H](NC(=O)OC(C)(C)C)c2cccc(c2)-c2c(cnn2C)NC1=O. The fourth-order valence-corrected chi connectivity index (χ4v) is 3.25. The highest BCUT2D eigenvalue weighted by atomic mass is 16.6. The molecule has 29 heavy (non-hydrogen) atoms. The van der Waals surface area contributed by atoms with Gasteiger partial charge in [-0.25, -0.2) is 4.79 Å². The van der Waals surface area contributed by atoms with E-state index in [2.05, 4.69) is 15.7 Å². The van der Waals surface area contributed by atoms with E-state index in [-0.39, 0.29) is 17.9 Å². The van der Waals surface area contributed by atoms with E-state index >= 15 is 0 Å². The van der Waals surface area contributed by atoms with Gasteiger partial charge in [0.05, 0.1) is 29.5 Å². The number of hydrogen-bond acceptors (Lipinski definition) is 4. The summed E-state index contributed by atoms with van der Waals surface area (Å²) in [5, 5.41) is 10.2. The number of aryl methyl sites for hydroxylation is 1. The fraction of sp³-hybridized carbons (Fsp3) is 0.409. The molecule has 2 bridgehead atoms. The van der Waals surface area contributed by atoms with Crippen LogP contribution in [0, 0.1) is 5.92 Å². The molecule has 0 radical (unpaired) electrons. The molecule has 0 unspecified atom stereocenters. The lowest BCUT2D eigenvalue weighted by Crippen LogP contribution is -2.35. The fourth-order valence-electron chi connectivity index (χ4n) is 3.25. The molecule has 0 saturated heterocycles. The monoisotopic (exact) mass is 396 g/mol. The van der Waals surface area contributed by atoms with Gasteiger partial charge in [0, 0.05) is 12.6 Å². The van der Waals surface area contributed by atoms with Crippen molar-refractivity contribution in [1.29, 1.82) is 0 Å². The first-order chi connectivity index (χ1) is 13.6. The summed E-state index contributed by atoms with van der Waals surface area (Å²) >= 11 is 0. The van der Waals surface area contributed by atoms with E-state index in [0.717, 1.165) is 16.8 Å². The molecule has 2 amide bonds. The van der Waals surface area contributed by atoms with Crippen molar-refractivity contribution in [2.75, 3.05) is 5.32 Å². The molecule has 7 nitrogen and oxygen atoms in total. The summed E-state index contributed by atoms with van der Waals surface area (Å²) in [6, 6.07) is 7.60. The molecular weight excluding hydrogens is 368 g/mol. The Morgan fingerprint density at radius 2 is 2.10 bits per heavy atom. The predicted molar refractivity (Wildman–Crippen MR) is 112 cm³/mol. The van der Waals surface area contributed by atoms with E-state index in [9.17, 15) is 9.59 Å². The van der Waals surface area contributed by atoms with Gasteiger partial charge in [-0.05, 0) is 38.8 Å². The lowest BCUT2D eigenvalue weighted by molar-refractivity contribution is -0.118. The number of rotatable bonds is 1. The quantitative estimate of drug-likeness (QED) is 0.708. The molecule has 1 aromatic carbocycles. The maximum Gasteiger partial charge on any atom is 0.408 e. The Labute approximate surface area is 171 Å². The van der Waals surface area contributed by atoms with Crippen LogP contribution in [-0.4, -0.2) is 27.4 Å². The molecule has 2 atom stereocenters. The highest BCUT2D eigenvalue weighted by molar-refractivity contribution is 5.96. The van der Waals surface area contributed by atoms with Crippen LogP contribution in [0.4, 0.5) is 10.5 Å². The minimum atomic E-state index is -0.580. The van der Waals surface area contributed by atoms with Crippen molar-refractivity contribution in [1.82, 2.24) is 15.1 Å². The van der Waals surface area contributed by atoms with Crippen LogP contribution in [0.2, 0.25) is 0 Å². The maximum absolute atomic E-state index is 12.6. The summed E-state index contributed by atoms with van der Waals surface area (Å²) < 4.78 is 7.17. The maximum atomic E-state index is 12.6. The summed E-state index contributed by atoms with van der Waals surface area (Å²) in [5.74, 6) is -0.424. The van der Waals surface area contributed by atoms with E-state index in [4.69, 9.17) is 4.74 Å². The highest BCUT2D eigenvalue weighted by Gasteiger charge is 2.22. The predicted octanol–water partition coefficient (Wildman–Crippen LogP) is 4.19. The molecule has 1 aliphatic heterocycles. The number of carbonyl (C=O) groups is 2. The van der Waals surface area contributed by atoms with Crippen LogP contribution in [-0.2, 0) is 16.6 Å². The number of aromatic nitrogens is 2. The number of amides is 2. The highest BCUT2D eigenvalue weighted by Crippen LogP contribution is 2.31. The van der Waals surface area contributed by atoms with Crippen molar-refractivity contribution in [2.45, 2.75) is 45.8 Å². The van der Waals surface area contributed by atoms with Crippen molar-refractivity contribution in [3.63, 3.8) is 0 Å². The van der Waals surface area contributed by atoms with Crippen LogP contribution in [0.1, 0.15) is 45.7 Å². The third-order valence-electron chi connectivity index (χ3n) is 4.66. The van der Waals surface area contributed by atoms with Gasteiger partial charge in [0.1, 0.15) is 5.60 Å². The zero-order valence-electron chi connectivity index (χ0n) is 17.5. The minimum absolute atomic E-state index is 0.108. The number of hydrogen-bond donors (Lipinski definition) is 2. The largest absolute Gasteiger partial charge is 0.444 e. The van der Waals surface area contributed by atoms with E-state index in [1.807, 2.05) is 71.2 Å². The van der Waals surface area contributed by atoms with Crippen molar-refractivity contribution in [2.24, 2.45) is 13.0 Å². The molecule has 0 aliphatic carbocycles. The smallest absolute Gasteiger partial charge is 0.408 e. The van der Waals surface area contributed by atoms with Gasteiger partial charge in [-0.3, -0.25) is 9.48 Å². The van der Waals surface area contributed by atoms with Gasteiger partial charge in [0.2, 0.25) is 5.91 Å². The number of carbonyl (C=O) groups excluding carboxylic acids is 2. The average Bonchev–Trinajstić information content (AvgIpc) is 2.98. The summed E-state index contributed by atoms with van der Waals surface area (Å²) in [4.78, 5) is 24.9. The Balaban J connectivity index is 2.02. The molecule has 0 saturated carbocycles. The summed E-state index contributed by atoms with van der Waals surface area (Å²) in [6.07, 6.45) is 5.49. The minimum Gasteiger partial charge on any atom is -0.444 e. The average molecular weight is 396 g/mol. The Morgan fingerprint density at radius 1 is 1.34 bits per heavy atom. The van der Waals surface area contributed by atoms with Crippen LogP contribution in [0.3, 0.4) is 0 Å². The van der Waals surface area contributed by atoms with Gasteiger partial charge < -0.3 is 15.4 Å². The molecular formula is C22H28N4O3. The topological polar surface area (TPSA) is 85.2 Å². The Bertz CT molecular complexity index is 940. The van der Waals surface area contributed by atoms with Crippen LogP contribution in [0.15, 0.2) is 42.6 Å². The van der Waals surface area contributed by atoms with E-state index in [1.165, 1.54) is 0 Å². The van der Waals surface area contributed by atoms with Crippen LogP contribution in [0.25, 0.3) is 11.3 Å². The van der Waals surface area contributed by atoms with E-state index in [0.29, 0.717) is 12.1 Å². The summed E-state index contributed by atoms with van der Waals surface area (Å²) in [6.45, 7) is 7.33. The molecule has 0 fully saturated rings. The molecule has 3 rings (SSSR count). The van der Waals surface area contributed by atoms with Gasteiger partial charge in [0.15, 0.2) is 0 Å². The number of fused-ring (bicyclic) bond motifs is 4. The summed E-state index contributed by atoms with van der Waals surface area (Å²) in [5.41, 5.74) is 2.75. The second-order valence-electron chi connectivity index (χ2n) is 8.30. The lowest BCUT2D eigenvalue weighted by Gasteiger charge is -2.24. The number of anilines is 1. The van der Waals surface area contributed by atoms with Gasteiger partial charge in [-0.1, -0.05) is 37.3 Å². The lowest BCUT2D eigenvalue weighted by atomic mass is 9.98. The Hall–Kier alpha value is -3.09. The second kappa shape index (κ2) is 8.11. The molecule has 7 heteroatoms. The van der Waals surface area contributed by atoms with E-state index in [1.54, 1.807) is 10.9 Å². The molecule has 2 heterocycles. The normalized spacial score (nSPS) is 20.5. The first-order valence-corrected chi connectivity index (χ1v) is 9.73. The van der Waals surface area contributed by atoms with Crippen LogP contribution in [0.5, 0.6) is 0 Å². The number of benzene rings is 1. The number of nitrogens with zero attached hydrogens (tertiary/aromatic N) is 2. The standard InChI is InChI=1S/C22H28N4O3/c1-14-8-6-11-17(25-21(28)29-22(2,3)4)15-9-7-10-16(12-15)19-18(24-20(14)27)13-23-26(19)5/h6-10,12-14,17H,11H2,1-5H3,(H,24,27)(H,25,28)/b8-6+/t14-,17+/m1/s1. The summed E-state index contributed by atoms with van der Waals surface area (Å²) in [7, 11) is 1.84. The first-order valence-electron chi connectivity index (χ1n) is 9.73. The molecule has 154 valence electrons. The molecule has 2 aromatic rings. The van der Waals surface area contributed by atoms with Gasteiger partial charge in [-0.2, -0.15) is 5.10 Å². The molecule has 0 spiro atoms. The molecule has 1 aliphatic rings. The van der Waals surface area contributed by atoms with Crippen LogP contribution >= 0.6 is 0 Å². The van der Waals surface area contributed by atoms with Crippen molar-refractivity contribution in [3.05, 3.63) is 48.2 Å². The Kier molecular flexibility index (Phi) is 5.77. The Morgan fingerprint density at radius 3 is 2.83 bits per heavy atom. The third-order valence-corrected chi connectivity index (χ3v) is 4.66. The number of alkyl carbamates (subject to hydrolysis) is 1. The van der Waals surface area contributed by atoms with Crippen LogP contribution < -0.4 is 10.6 Å². The number of ether oxygens (including phenoxy) is 1. The van der Waals surface area contributed by atoms with Crippen molar-refractivity contribution < 1.29 is 14.3 Å². The third kappa shape index (κ3) is 5.04. The van der Waals surface area contributed by atoms with Crippen molar-refractivity contribution in [3.8, 4) is 11.3 Å². The molecule has 1 aromatic heterocycles. The first kappa shape index (κ1) is 20.6. The van der Waals surface area contributed by atoms with E-state index < -0.39 is 11.7 Å². The second-order valence-corrected chi connectivity index (χ2v) is 8.30. The molecule has 2 N–H and O–H groups in total. The number of nitrogens with one attached hydrogen (secondary N) is 2. The van der Waals surface area contributed by atoms with Gasteiger partial charge in [0.25, 0.3) is 0 Å². The van der Waals surface area contributed by atoms with Gasteiger partial charge in [-0.15, -0.1) is 0 Å². The zero-order valence-corrected chi connectivity index (χ0v) is 17.5.